The molecule has 0 aromatic carbocycles. The van der Waals surface area contributed by atoms with E-state index in [0.29, 0.717) is 48.1 Å². The van der Waals surface area contributed by atoms with Crippen molar-refractivity contribution in [2.75, 3.05) is 30.4 Å². The molecule has 0 radical (unpaired) electrons. The molecule has 1 aliphatic heterocycles. The van der Waals surface area contributed by atoms with E-state index < -0.39 is 78.4 Å². The van der Waals surface area contributed by atoms with Gasteiger partial charge in [0.25, 0.3) is 0 Å². The molecular formula is C32H48N7O19P3S2. The van der Waals surface area contributed by atoms with Crippen molar-refractivity contribution >= 4 is 91.4 Å². The molecule has 1 saturated heterocycles. The molecule has 0 spiro atoms. The molecule has 63 heavy (non-hydrogen) atoms. The van der Waals surface area contributed by atoms with Gasteiger partial charge in [-0.15, -0.1) is 0 Å². The number of aliphatic carboxylic acids is 2. The number of aromatic nitrogens is 3. The molecule has 26 nitrogen and oxygen atoms in total. The van der Waals surface area contributed by atoms with E-state index >= 15 is 0 Å². The third-order valence-electron chi connectivity index (χ3n) is 8.58. The van der Waals surface area contributed by atoms with Crippen LogP contribution in [-0.2, 0) is 55.5 Å². The van der Waals surface area contributed by atoms with Gasteiger partial charge in [0.1, 0.15) is 41.9 Å². The molecule has 4 unspecified atom stereocenters. The lowest BCUT2D eigenvalue weighted by Crippen LogP contribution is -2.41. The van der Waals surface area contributed by atoms with Crippen molar-refractivity contribution < 1.29 is 90.4 Å². The number of anilines is 1. The van der Waals surface area contributed by atoms with Crippen LogP contribution >= 0.6 is 45.1 Å². The number of phosphoric ester groups is 1. The first-order valence-corrected chi connectivity index (χ1v) is 25.7. The zero-order valence-electron chi connectivity index (χ0n) is 33.1. The third kappa shape index (κ3) is 19.7. The van der Waals surface area contributed by atoms with E-state index in [9.17, 15) is 52.6 Å². The average Bonchev–Trinajstić information content (AvgIpc) is 3.73. The number of hydrogen-bond donors (Lipinski definition) is 11. The molecule has 1 aliphatic rings. The third-order valence-corrected chi connectivity index (χ3v) is 14.8. The summed E-state index contributed by atoms with van der Waals surface area (Å²) in [6.45, 7) is -0.934. The summed E-state index contributed by atoms with van der Waals surface area (Å²) in [4.78, 5) is 103. The highest BCUT2D eigenvalue weighted by Crippen LogP contribution is 2.66. The highest BCUT2D eigenvalue weighted by Gasteiger charge is 2.43. The summed E-state index contributed by atoms with van der Waals surface area (Å²) in [6, 6.07) is -1.97. The lowest BCUT2D eigenvalue weighted by Gasteiger charge is -2.19. The molecule has 0 bridgehead atoms. The second-order valence-corrected chi connectivity index (χ2v) is 20.6. The van der Waals surface area contributed by atoms with Crippen LogP contribution in [0.15, 0.2) is 12.5 Å². The minimum absolute atomic E-state index is 0.0494. The number of aliphatic hydroxyl groups is 1. The van der Waals surface area contributed by atoms with Gasteiger partial charge >= 0.3 is 35.4 Å². The van der Waals surface area contributed by atoms with Crippen molar-refractivity contribution in [1.82, 2.24) is 25.2 Å². The Bertz CT molecular complexity index is 2150. The number of carbonyl (C=O) groups excluding carboxylic acids is 3. The summed E-state index contributed by atoms with van der Waals surface area (Å²) >= 11 is 0. The predicted octanol–water partition coefficient (Wildman–Crippen LogP) is 0.916. The molecule has 352 valence electrons. The number of nitrogens with zero attached hydrogens (tertiary/aromatic N) is 3. The maximum absolute atomic E-state index is 12.4. The molecule has 0 aliphatic carbocycles. The Morgan fingerprint density at radius 1 is 0.952 bits per heavy atom. The van der Waals surface area contributed by atoms with E-state index in [1.165, 1.54) is 38.7 Å². The van der Waals surface area contributed by atoms with Crippen LogP contribution in [0.1, 0.15) is 76.0 Å². The van der Waals surface area contributed by atoms with Crippen LogP contribution in [0.2, 0.25) is 0 Å². The van der Waals surface area contributed by atoms with Gasteiger partial charge in [-0.05, 0) is 19.3 Å². The number of carboxylic acid groups (broad SMARTS) is 2. The highest BCUT2D eigenvalue weighted by molar-refractivity contribution is 8.76. The van der Waals surface area contributed by atoms with Crippen LogP contribution < -0.4 is 22.1 Å². The predicted molar refractivity (Wildman–Crippen MR) is 223 cm³/mol. The van der Waals surface area contributed by atoms with Crippen LogP contribution in [0.5, 0.6) is 0 Å². The fraction of sp³-hybridized carbons (Fsp3) is 0.594. The van der Waals surface area contributed by atoms with Crippen LogP contribution in [0.3, 0.4) is 0 Å². The zero-order chi connectivity index (χ0) is 47.0. The van der Waals surface area contributed by atoms with E-state index in [2.05, 4.69) is 45.6 Å². The summed E-state index contributed by atoms with van der Waals surface area (Å²) in [6.07, 6.45) is 1.11. The number of aliphatic hydroxyl groups excluding tert-OH is 1. The van der Waals surface area contributed by atoms with Crippen molar-refractivity contribution in [3.05, 3.63) is 18.1 Å². The summed E-state index contributed by atoms with van der Waals surface area (Å²) in [5.74, 6) is 3.12. The second-order valence-electron chi connectivity index (χ2n) is 13.5. The first kappa shape index (κ1) is 53.9. The Hall–Kier alpha value is -3.48. The number of carboxylic acids is 2. The minimum Gasteiger partial charge on any atom is -0.481 e. The van der Waals surface area contributed by atoms with Crippen LogP contribution in [-0.4, -0.2) is 128 Å². The van der Waals surface area contributed by atoms with Gasteiger partial charge in [-0.1, -0.05) is 46.3 Å². The number of fused-ring (bicyclic) bond motifs is 1. The number of nitrogens with one attached hydrogen (secondary N) is 2. The molecule has 13 N–H and O–H groups in total. The monoisotopic (exact) mass is 991 g/mol. The number of hydrogen-bond acceptors (Lipinski definition) is 19. The number of phosphoric acid groups is 3. The maximum Gasteiger partial charge on any atom is 0.490 e. The van der Waals surface area contributed by atoms with Gasteiger partial charge in [-0.2, -0.15) is 8.62 Å². The number of amides is 2. The maximum atomic E-state index is 12.4. The van der Waals surface area contributed by atoms with E-state index in [0.717, 1.165) is 0 Å². The average molecular weight is 992 g/mol. The summed E-state index contributed by atoms with van der Waals surface area (Å²) in [5.41, 5.74) is 12.7. The van der Waals surface area contributed by atoms with Gasteiger partial charge < -0.3 is 66.3 Å². The second kappa shape index (κ2) is 25.3. The Balaban J connectivity index is 1.36. The topological polar surface area (TPSA) is 422 Å². The fourth-order valence-electron chi connectivity index (χ4n) is 5.62. The number of nitrogen functional groups attached to an aromatic ring is 1. The number of nitrogens with two attached hydrogens (primary N) is 2. The minimum atomic E-state index is -5.75. The van der Waals surface area contributed by atoms with E-state index in [4.69, 9.17) is 36.2 Å². The summed E-state index contributed by atoms with van der Waals surface area (Å²) in [5, 5.41) is 33.7. The van der Waals surface area contributed by atoms with Gasteiger partial charge in [0, 0.05) is 49.8 Å². The van der Waals surface area contributed by atoms with Crippen LogP contribution in [0.4, 0.5) is 5.82 Å². The molecule has 3 rings (SSSR count). The van der Waals surface area contributed by atoms with Crippen LogP contribution in [0, 0.1) is 11.8 Å². The van der Waals surface area contributed by atoms with Crippen molar-refractivity contribution in [3.8, 4) is 11.8 Å². The van der Waals surface area contributed by atoms with E-state index in [-0.39, 0.29) is 68.2 Å². The highest BCUT2D eigenvalue weighted by atomic mass is 33.1. The van der Waals surface area contributed by atoms with E-state index in [1.807, 2.05) is 0 Å². The smallest absolute Gasteiger partial charge is 0.481 e. The van der Waals surface area contributed by atoms with Crippen molar-refractivity contribution in [3.63, 3.8) is 0 Å². The molecule has 2 aromatic rings. The number of unbranched alkanes of at least 4 members (excludes halogenated alkanes) is 3. The SMILES string of the molecule is Nc1ncnc2c1c(C#CCNC(=O)CCSSCC(N)C(=O)CCCCCCC(=O)NC(CCC(=O)O)C(=O)O)cn2[C@H]1C[C@@H](O)[C@@H](COP(=O)(O)OP(=O)(O)OP(=O)(O)O)O1. The molecule has 0 saturated carbocycles. The fourth-order valence-corrected chi connectivity index (χ4v) is 10.8. The number of carbonyl (C=O) groups is 5. The zero-order valence-corrected chi connectivity index (χ0v) is 37.4. The van der Waals surface area contributed by atoms with Gasteiger partial charge in [-0.25, -0.2) is 28.5 Å². The molecular weight excluding hydrogens is 943 g/mol. The molecule has 2 amide bonds. The summed E-state index contributed by atoms with van der Waals surface area (Å²) < 4.78 is 53.7. The van der Waals surface area contributed by atoms with Crippen molar-refractivity contribution in [2.45, 2.75) is 94.7 Å². The Kier molecular flexibility index (Phi) is 21.6. The Labute approximate surface area is 366 Å². The summed E-state index contributed by atoms with van der Waals surface area (Å²) in [7, 11) is -14.1. The van der Waals surface area contributed by atoms with Gasteiger partial charge in [0.15, 0.2) is 0 Å². The van der Waals surface area contributed by atoms with Gasteiger partial charge in [-0.3, -0.25) is 23.7 Å². The molecule has 1 fully saturated rings. The normalized spacial score (nSPS) is 19.2. The number of rotatable bonds is 28. The first-order chi connectivity index (χ1) is 29.5. The quantitative estimate of drug-likeness (QED) is 0.0244. The van der Waals surface area contributed by atoms with Crippen molar-refractivity contribution in [1.29, 1.82) is 0 Å². The number of Topliss-reactive ketones (excluding diaryl/α,β-unsaturated/α-hetero) is 1. The molecule has 31 heteroatoms. The lowest BCUT2D eigenvalue weighted by molar-refractivity contribution is -0.143. The first-order valence-electron chi connectivity index (χ1n) is 18.7. The van der Waals surface area contributed by atoms with Crippen LogP contribution in [0.25, 0.3) is 11.0 Å². The molecule has 7 atom stereocenters. The lowest BCUT2D eigenvalue weighted by atomic mass is 10.1. The number of ether oxygens (including phenoxy) is 1. The standard InChI is InChI=1S/C32H48N7O19P3S2/c33-20(22(40)7-3-1-2-4-8-26(43)38-21(32(46)47)9-10-28(44)45)17-63-62-13-11-25(42)35-12-5-6-19-15-39(31-29(19)30(34)36-18-37-31)27-14-23(41)24(56-27)16-55-60(51,52)58-61(53,54)57-59(48,49)50/h15,18,20-21,23-24,27,41H,1-4,7-14,16-17,33H2,(H,35,42)(H,38,43)(H,44,45)(H,46,47)(H,51,52)(H,53,54)(H2,34,36,37)(H2,48,49,50)/t20?,21?,23-,24-,27-/m1/s1. The Morgan fingerprint density at radius 3 is 2.32 bits per heavy atom. The van der Waals surface area contributed by atoms with Gasteiger partial charge in [0.05, 0.1) is 36.2 Å². The van der Waals surface area contributed by atoms with Gasteiger partial charge in [0.2, 0.25) is 11.8 Å². The number of ketones is 1. The van der Waals surface area contributed by atoms with E-state index in [1.54, 1.807) is 0 Å². The van der Waals surface area contributed by atoms with Crippen molar-refractivity contribution in [2.24, 2.45) is 5.73 Å². The Morgan fingerprint density at radius 2 is 1.65 bits per heavy atom. The largest absolute Gasteiger partial charge is 0.490 e. The molecule has 2 aromatic heterocycles. The molecule has 3 heterocycles.